The average molecular weight is 342 g/mol. The lowest BCUT2D eigenvalue weighted by Crippen LogP contribution is -2.42. The van der Waals surface area contributed by atoms with Gasteiger partial charge >= 0.3 is 6.03 Å². The summed E-state index contributed by atoms with van der Waals surface area (Å²) in [6, 6.07) is 6.34. The van der Waals surface area contributed by atoms with Gasteiger partial charge in [0.2, 0.25) is 5.91 Å². The van der Waals surface area contributed by atoms with Gasteiger partial charge in [0.15, 0.2) is 11.5 Å². The number of piperidine rings is 1. The minimum absolute atomic E-state index is 0.00880. The molecular weight excluding hydrogens is 324 g/mol. The molecule has 2 aromatic rings. The third-order valence-electron chi connectivity index (χ3n) is 4.74. The summed E-state index contributed by atoms with van der Waals surface area (Å²) in [6.07, 6.45) is 1.52. The van der Waals surface area contributed by atoms with Crippen LogP contribution in [0, 0.1) is 0 Å². The highest BCUT2D eigenvalue weighted by Gasteiger charge is 2.34. The molecule has 0 bridgehead atoms. The molecule has 1 aromatic carbocycles. The van der Waals surface area contributed by atoms with Crippen molar-refractivity contribution in [3.63, 3.8) is 0 Å². The molecule has 0 radical (unpaired) electrons. The molecule has 8 nitrogen and oxygen atoms in total. The van der Waals surface area contributed by atoms with Crippen LogP contribution in [0.4, 0.5) is 4.79 Å². The number of nitrogens with zero attached hydrogens (tertiary/aromatic N) is 2. The number of hydrogen-bond acceptors (Lipinski definition) is 5. The third-order valence-corrected chi connectivity index (χ3v) is 4.74. The number of oxazole rings is 1. The van der Waals surface area contributed by atoms with Crippen LogP contribution in [0.5, 0.6) is 0 Å². The summed E-state index contributed by atoms with van der Waals surface area (Å²) in [5.41, 5.74) is 1.62. The van der Waals surface area contributed by atoms with Crippen molar-refractivity contribution in [2.75, 3.05) is 13.1 Å². The van der Waals surface area contributed by atoms with Crippen LogP contribution < -0.4 is 10.6 Å². The second kappa shape index (κ2) is 6.19. The van der Waals surface area contributed by atoms with Crippen LogP contribution in [0.25, 0.3) is 11.1 Å². The Morgan fingerprint density at radius 1 is 1.24 bits per heavy atom. The molecule has 1 atom stereocenters. The normalized spacial score (nSPS) is 21.4. The third kappa shape index (κ3) is 3.07. The predicted octanol–water partition coefficient (Wildman–Crippen LogP) is 1.13. The summed E-state index contributed by atoms with van der Waals surface area (Å²) in [5.74, 6) is 0.333. The number of nitrogens with one attached hydrogen (secondary N) is 2. The van der Waals surface area contributed by atoms with Crippen molar-refractivity contribution in [2.45, 2.75) is 31.2 Å². The maximum Gasteiger partial charge on any atom is 0.322 e. The van der Waals surface area contributed by atoms with Crippen LogP contribution in [-0.2, 0) is 9.59 Å². The predicted molar refractivity (Wildman–Crippen MR) is 87.6 cm³/mol. The molecule has 0 aliphatic carbocycles. The fourth-order valence-corrected chi connectivity index (χ4v) is 3.35. The van der Waals surface area contributed by atoms with Gasteiger partial charge in [-0.25, -0.2) is 9.78 Å². The van der Waals surface area contributed by atoms with Gasteiger partial charge in [-0.2, -0.15) is 0 Å². The molecule has 8 heteroatoms. The van der Waals surface area contributed by atoms with E-state index in [2.05, 4.69) is 15.6 Å². The highest BCUT2D eigenvalue weighted by atomic mass is 16.3. The Bertz CT molecular complexity index is 805. The number of fused-ring (bicyclic) bond motifs is 1. The standard InChI is InChI=1S/C17H18N4O4/c22-14(9-12-15(23)20-17(24)19-12)21-7-5-10(6-8-21)16-18-11-3-1-2-4-13(11)25-16/h1-4,10,12H,5-9H2,(H2,19,20,23,24). The Hall–Kier alpha value is -2.90. The molecule has 0 spiro atoms. The number of carbonyl (C=O) groups excluding carboxylic acids is 3. The van der Waals surface area contributed by atoms with Crippen LogP contribution >= 0.6 is 0 Å². The summed E-state index contributed by atoms with van der Waals surface area (Å²) in [7, 11) is 0. The van der Waals surface area contributed by atoms with E-state index in [0.717, 1.165) is 29.8 Å². The molecule has 0 saturated carbocycles. The number of carbonyl (C=O) groups is 3. The number of benzene rings is 1. The lowest BCUT2D eigenvalue weighted by Gasteiger charge is -2.31. The van der Waals surface area contributed by atoms with Crippen LogP contribution in [0.1, 0.15) is 31.1 Å². The fraction of sp³-hybridized carbons (Fsp3) is 0.412. The molecule has 1 unspecified atom stereocenters. The van der Waals surface area contributed by atoms with Gasteiger partial charge in [0, 0.05) is 19.0 Å². The molecule has 4 amide bonds. The number of para-hydroxylation sites is 2. The molecule has 2 aliphatic rings. The molecule has 130 valence electrons. The van der Waals surface area contributed by atoms with Gasteiger partial charge in [0.1, 0.15) is 11.6 Å². The van der Waals surface area contributed by atoms with E-state index in [1.54, 1.807) is 4.90 Å². The highest BCUT2D eigenvalue weighted by molar-refractivity contribution is 6.05. The summed E-state index contributed by atoms with van der Waals surface area (Å²) >= 11 is 0. The van der Waals surface area contributed by atoms with Crippen LogP contribution in [-0.4, -0.2) is 46.9 Å². The second-order valence-electron chi connectivity index (χ2n) is 6.39. The molecule has 1 aromatic heterocycles. The highest BCUT2D eigenvalue weighted by Crippen LogP contribution is 2.30. The minimum Gasteiger partial charge on any atom is -0.440 e. The lowest BCUT2D eigenvalue weighted by atomic mass is 9.96. The second-order valence-corrected chi connectivity index (χ2v) is 6.39. The maximum absolute atomic E-state index is 12.3. The average Bonchev–Trinajstić information content (AvgIpc) is 3.18. The zero-order valence-electron chi connectivity index (χ0n) is 13.5. The van der Waals surface area contributed by atoms with E-state index in [-0.39, 0.29) is 18.2 Å². The molecule has 2 fully saturated rings. The van der Waals surface area contributed by atoms with E-state index < -0.39 is 18.0 Å². The van der Waals surface area contributed by atoms with E-state index in [4.69, 9.17) is 4.42 Å². The van der Waals surface area contributed by atoms with Gasteiger partial charge < -0.3 is 14.6 Å². The van der Waals surface area contributed by atoms with Crippen molar-refractivity contribution < 1.29 is 18.8 Å². The Morgan fingerprint density at radius 3 is 2.68 bits per heavy atom. The van der Waals surface area contributed by atoms with Crippen LogP contribution in [0.2, 0.25) is 0 Å². The SMILES string of the molecule is O=C1NC(=O)C(CC(=O)N2CCC(c3nc4ccccc4o3)CC2)N1. The number of urea groups is 1. The van der Waals surface area contributed by atoms with E-state index in [1.165, 1.54) is 0 Å². The maximum atomic E-state index is 12.3. The fourth-order valence-electron chi connectivity index (χ4n) is 3.35. The number of hydrogen-bond donors (Lipinski definition) is 2. The van der Waals surface area contributed by atoms with Crippen LogP contribution in [0.3, 0.4) is 0 Å². The van der Waals surface area contributed by atoms with Crippen LogP contribution in [0.15, 0.2) is 28.7 Å². The zero-order chi connectivity index (χ0) is 17.4. The van der Waals surface area contributed by atoms with Crippen molar-refractivity contribution in [1.82, 2.24) is 20.5 Å². The molecule has 2 aliphatic heterocycles. The van der Waals surface area contributed by atoms with Gasteiger partial charge in [0.05, 0.1) is 6.42 Å². The Kier molecular flexibility index (Phi) is 3.87. The number of amides is 4. The van der Waals surface area contributed by atoms with Crippen molar-refractivity contribution in [2.24, 2.45) is 0 Å². The van der Waals surface area contributed by atoms with Crippen molar-refractivity contribution in [1.29, 1.82) is 0 Å². The van der Waals surface area contributed by atoms with Gasteiger partial charge in [0.25, 0.3) is 5.91 Å². The van der Waals surface area contributed by atoms with Gasteiger partial charge in [-0.05, 0) is 25.0 Å². The van der Waals surface area contributed by atoms with Crippen molar-refractivity contribution in [3.05, 3.63) is 30.2 Å². The Morgan fingerprint density at radius 2 is 2.00 bits per heavy atom. The first-order chi connectivity index (χ1) is 12.1. The van der Waals surface area contributed by atoms with Crippen molar-refractivity contribution >= 4 is 28.9 Å². The zero-order valence-corrected chi connectivity index (χ0v) is 13.5. The van der Waals surface area contributed by atoms with E-state index in [9.17, 15) is 14.4 Å². The monoisotopic (exact) mass is 342 g/mol. The van der Waals surface area contributed by atoms with Crippen molar-refractivity contribution in [3.8, 4) is 0 Å². The minimum atomic E-state index is -0.769. The molecule has 4 rings (SSSR count). The van der Waals surface area contributed by atoms with Gasteiger partial charge in [-0.1, -0.05) is 12.1 Å². The Labute approximate surface area is 143 Å². The van der Waals surface area contributed by atoms with Gasteiger partial charge in [-0.15, -0.1) is 0 Å². The summed E-state index contributed by atoms with van der Waals surface area (Å²) < 4.78 is 5.82. The number of likely N-dealkylation sites (tertiary alicyclic amines) is 1. The molecule has 25 heavy (non-hydrogen) atoms. The summed E-state index contributed by atoms with van der Waals surface area (Å²) in [6.45, 7) is 1.18. The first kappa shape index (κ1) is 15.6. The first-order valence-electron chi connectivity index (χ1n) is 8.35. The number of rotatable bonds is 3. The topological polar surface area (TPSA) is 105 Å². The number of aromatic nitrogens is 1. The van der Waals surface area contributed by atoms with E-state index in [0.29, 0.717) is 13.1 Å². The molecular formula is C17H18N4O4. The largest absolute Gasteiger partial charge is 0.440 e. The number of imide groups is 1. The van der Waals surface area contributed by atoms with E-state index >= 15 is 0 Å². The lowest BCUT2D eigenvalue weighted by molar-refractivity contribution is -0.134. The first-order valence-corrected chi connectivity index (χ1v) is 8.35. The quantitative estimate of drug-likeness (QED) is 0.814. The smallest absolute Gasteiger partial charge is 0.322 e. The molecule has 3 heterocycles. The van der Waals surface area contributed by atoms with E-state index in [1.807, 2.05) is 24.3 Å². The molecule has 2 N–H and O–H groups in total. The summed E-state index contributed by atoms with van der Waals surface area (Å²) in [5, 5.41) is 4.59. The summed E-state index contributed by atoms with van der Waals surface area (Å²) in [4.78, 5) is 41.3. The molecule has 2 saturated heterocycles. The Balaban J connectivity index is 1.35. The van der Waals surface area contributed by atoms with Gasteiger partial charge in [-0.3, -0.25) is 14.9 Å².